The van der Waals surface area contributed by atoms with Crippen molar-refractivity contribution in [3.8, 4) is 0 Å². The van der Waals surface area contributed by atoms with Crippen molar-refractivity contribution >= 4 is 40.1 Å². The first-order valence-corrected chi connectivity index (χ1v) is 10.0. The smallest absolute Gasteiger partial charge is 0.274 e. The van der Waals surface area contributed by atoms with E-state index in [1.807, 2.05) is 6.92 Å². The topological polar surface area (TPSA) is 80.4 Å². The lowest BCUT2D eigenvalue weighted by Gasteiger charge is -2.37. The first-order chi connectivity index (χ1) is 13.4. The molecule has 28 heavy (non-hydrogen) atoms. The second-order valence-electron chi connectivity index (χ2n) is 6.95. The van der Waals surface area contributed by atoms with Gasteiger partial charge in [0.05, 0.1) is 10.6 Å². The predicted molar refractivity (Wildman–Crippen MR) is 111 cm³/mol. The number of rotatable bonds is 3. The van der Waals surface area contributed by atoms with E-state index >= 15 is 0 Å². The highest BCUT2D eigenvalue weighted by atomic mass is 35.5. The standard InChI is InChI=1S/C20H18ClFN4OS/c1-20(13-3-2-4-17(13)28-19(23)26-20)14-9-12(6-7-15(14)22)25-18(27)16-8-5-11(21)10-24-16/h4-10,13H,2-3H2,1H3,(H2,23,26)(H,25,27). The Morgan fingerprint density at radius 3 is 2.96 bits per heavy atom. The monoisotopic (exact) mass is 416 g/mol. The van der Waals surface area contributed by atoms with Crippen molar-refractivity contribution in [2.45, 2.75) is 25.3 Å². The molecule has 0 saturated heterocycles. The van der Waals surface area contributed by atoms with Gasteiger partial charge in [0.25, 0.3) is 5.91 Å². The van der Waals surface area contributed by atoms with Gasteiger partial charge in [-0.25, -0.2) is 9.37 Å². The van der Waals surface area contributed by atoms with Gasteiger partial charge >= 0.3 is 0 Å². The molecule has 1 aromatic carbocycles. The Morgan fingerprint density at radius 2 is 2.21 bits per heavy atom. The van der Waals surface area contributed by atoms with Crippen LogP contribution in [0.5, 0.6) is 0 Å². The third kappa shape index (κ3) is 3.40. The molecule has 0 saturated carbocycles. The summed E-state index contributed by atoms with van der Waals surface area (Å²) < 4.78 is 14.8. The van der Waals surface area contributed by atoms with Crippen molar-refractivity contribution in [1.29, 1.82) is 0 Å². The Balaban J connectivity index is 1.67. The Labute approximate surface area is 171 Å². The number of benzene rings is 1. The molecular weight excluding hydrogens is 399 g/mol. The van der Waals surface area contributed by atoms with E-state index in [1.54, 1.807) is 12.1 Å². The highest BCUT2D eigenvalue weighted by Gasteiger charge is 2.44. The van der Waals surface area contributed by atoms with Gasteiger partial charge in [-0.05, 0) is 55.0 Å². The lowest BCUT2D eigenvalue weighted by Crippen LogP contribution is -2.36. The van der Waals surface area contributed by atoms with E-state index in [2.05, 4.69) is 21.4 Å². The molecule has 144 valence electrons. The number of aliphatic imine (C=N–C) groups is 1. The summed E-state index contributed by atoms with van der Waals surface area (Å²) in [6.45, 7) is 1.90. The van der Waals surface area contributed by atoms with E-state index < -0.39 is 11.4 Å². The van der Waals surface area contributed by atoms with Gasteiger partial charge in [0.2, 0.25) is 0 Å². The van der Waals surface area contributed by atoms with Crippen LogP contribution in [0.15, 0.2) is 52.5 Å². The molecule has 5 nitrogen and oxygen atoms in total. The van der Waals surface area contributed by atoms with Crippen LogP contribution in [0.2, 0.25) is 5.02 Å². The van der Waals surface area contributed by atoms with Gasteiger partial charge in [-0.3, -0.25) is 9.79 Å². The number of carbonyl (C=O) groups is 1. The molecule has 0 radical (unpaired) electrons. The number of anilines is 1. The number of allylic oxidation sites excluding steroid dienone is 1. The van der Waals surface area contributed by atoms with Crippen molar-refractivity contribution in [3.63, 3.8) is 0 Å². The second-order valence-corrected chi connectivity index (χ2v) is 8.48. The zero-order valence-electron chi connectivity index (χ0n) is 15.1. The summed E-state index contributed by atoms with van der Waals surface area (Å²) in [5.74, 6) is -0.703. The maximum atomic E-state index is 14.8. The molecule has 0 fully saturated rings. The molecule has 2 unspecified atom stereocenters. The van der Waals surface area contributed by atoms with Gasteiger partial charge in [-0.1, -0.05) is 29.4 Å². The van der Waals surface area contributed by atoms with Crippen LogP contribution in [0.1, 0.15) is 35.8 Å². The number of amides is 1. The zero-order chi connectivity index (χ0) is 19.9. The van der Waals surface area contributed by atoms with Gasteiger partial charge in [0, 0.05) is 23.4 Å². The lowest BCUT2D eigenvalue weighted by molar-refractivity contribution is 0.102. The van der Waals surface area contributed by atoms with E-state index in [1.165, 1.54) is 36.2 Å². The number of hydrogen-bond acceptors (Lipinski definition) is 5. The lowest BCUT2D eigenvalue weighted by atomic mass is 9.79. The number of amidine groups is 1. The number of nitrogens with two attached hydrogens (primary N) is 1. The molecule has 2 aromatic rings. The minimum absolute atomic E-state index is 0.0724. The maximum absolute atomic E-state index is 14.8. The fourth-order valence-corrected chi connectivity index (χ4v) is 5.02. The molecule has 1 aromatic heterocycles. The molecule has 3 N–H and O–H groups in total. The third-order valence-electron chi connectivity index (χ3n) is 5.12. The molecule has 1 aliphatic heterocycles. The number of nitrogens with zero attached hydrogens (tertiary/aromatic N) is 2. The molecule has 0 bridgehead atoms. The average molecular weight is 417 g/mol. The summed E-state index contributed by atoms with van der Waals surface area (Å²) in [4.78, 5) is 22.2. The Hall–Kier alpha value is -2.38. The van der Waals surface area contributed by atoms with Crippen LogP contribution < -0.4 is 11.1 Å². The highest BCUT2D eigenvalue weighted by Crippen LogP contribution is 2.51. The van der Waals surface area contributed by atoms with E-state index in [4.69, 9.17) is 17.3 Å². The van der Waals surface area contributed by atoms with E-state index in [0.717, 1.165) is 17.7 Å². The molecule has 0 spiro atoms. The van der Waals surface area contributed by atoms with Crippen LogP contribution in [-0.4, -0.2) is 16.1 Å². The van der Waals surface area contributed by atoms with Crippen LogP contribution in [-0.2, 0) is 5.54 Å². The largest absolute Gasteiger partial charge is 0.378 e. The van der Waals surface area contributed by atoms with Gasteiger partial charge in [-0.2, -0.15) is 0 Å². The SMILES string of the molecule is CC1(c2cc(NC(=O)c3ccc(Cl)cn3)ccc2F)N=C(N)SC2=CCCC21. The van der Waals surface area contributed by atoms with Crippen LogP contribution in [0.4, 0.5) is 10.1 Å². The van der Waals surface area contributed by atoms with E-state index in [0.29, 0.717) is 21.4 Å². The zero-order valence-corrected chi connectivity index (χ0v) is 16.6. The van der Waals surface area contributed by atoms with Crippen molar-refractivity contribution in [2.75, 3.05) is 5.32 Å². The number of halogens is 2. The van der Waals surface area contributed by atoms with E-state index in [9.17, 15) is 9.18 Å². The number of pyridine rings is 1. The molecule has 2 atom stereocenters. The average Bonchev–Trinajstić information content (AvgIpc) is 3.13. The fraction of sp³-hybridized carbons (Fsp3) is 0.250. The van der Waals surface area contributed by atoms with Crippen molar-refractivity contribution < 1.29 is 9.18 Å². The summed E-state index contributed by atoms with van der Waals surface area (Å²) in [7, 11) is 0. The molecule has 2 aliphatic rings. The minimum atomic E-state index is -0.818. The second kappa shape index (κ2) is 7.22. The van der Waals surface area contributed by atoms with Gasteiger partial charge in [0.1, 0.15) is 11.5 Å². The van der Waals surface area contributed by atoms with Crippen molar-refractivity contribution in [1.82, 2.24) is 4.98 Å². The summed E-state index contributed by atoms with van der Waals surface area (Å²) in [5.41, 5.74) is 6.30. The summed E-state index contributed by atoms with van der Waals surface area (Å²) in [5, 5.41) is 3.63. The summed E-state index contributed by atoms with van der Waals surface area (Å²) >= 11 is 7.26. The van der Waals surface area contributed by atoms with Crippen LogP contribution in [0.25, 0.3) is 0 Å². The first kappa shape index (κ1) is 19.0. The number of carbonyl (C=O) groups excluding carboxylic acids is 1. The first-order valence-electron chi connectivity index (χ1n) is 8.83. The molecule has 4 rings (SSSR count). The summed E-state index contributed by atoms with van der Waals surface area (Å²) in [6, 6.07) is 7.61. The molecular formula is C20H18ClFN4OS. The van der Waals surface area contributed by atoms with Crippen LogP contribution >= 0.6 is 23.4 Å². The van der Waals surface area contributed by atoms with Gasteiger partial charge in [0.15, 0.2) is 5.17 Å². The summed E-state index contributed by atoms with van der Waals surface area (Å²) in [6.07, 6.45) is 5.36. The fourth-order valence-electron chi connectivity index (χ4n) is 3.74. The Kier molecular flexibility index (Phi) is 4.89. The highest BCUT2D eigenvalue weighted by molar-refractivity contribution is 8.17. The number of nitrogens with one attached hydrogen (secondary N) is 1. The van der Waals surface area contributed by atoms with Crippen LogP contribution in [0.3, 0.4) is 0 Å². The normalized spacial score (nSPS) is 23.6. The number of aromatic nitrogens is 1. The number of fused-ring (bicyclic) bond motifs is 1. The van der Waals surface area contributed by atoms with Gasteiger partial charge in [-0.15, -0.1) is 0 Å². The predicted octanol–water partition coefficient (Wildman–Crippen LogP) is 4.70. The third-order valence-corrected chi connectivity index (χ3v) is 6.33. The number of hydrogen-bond donors (Lipinski definition) is 2. The molecule has 1 aliphatic carbocycles. The van der Waals surface area contributed by atoms with E-state index in [-0.39, 0.29) is 17.4 Å². The molecule has 2 heterocycles. The number of thioether (sulfide) groups is 1. The Bertz CT molecular complexity index is 1010. The quantitative estimate of drug-likeness (QED) is 0.760. The maximum Gasteiger partial charge on any atom is 0.274 e. The minimum Gasteiger partial charge on any atom is -0.378 e. The Morgan fingerprint density at radius 1 is 1.39 bits per heavy atom. The van der Waals surface area contributed by atoms with Crippen LogP contribution in [0, 0.1) is 11.7 Å². The molecule has 1 amide bonds. The van der Waals surface area contributed by atoms with Crippen molar-refractivity contribution in [3.05, 3.63) is 69.6 Å². The van der Waals surface area contributed by atoms with Crippen molar-refractivity contribution in [2.24, 2.45) is 16.6 Å². The van der Waals surface area contributed by atoms with Gasteiger partial charge < -0.3 is 11.1 Å². The molecule has 8 heteroatoms.